The Morgan fingerprint density at radius 3 is 2.76 bits per heavy atom. The fourth-order valence-corrected chi connectivity index (χ4v) is 2.82. The van der Waals surface area contributed by atoms with E-state index in [0.717, 1.165) is 4.47 Å². The second-order valence-electron chi connectivity index (χ2n) is 4.62. The Kier molecular flexibility index (Phi) is 4.21. The number of carbonyl (C=O) groups is 1. The molecule has 0 spiro atoms. The highest BCUT2D eigenvalue weighted by atomic mass is 79.9. The number of hydrogen-bond acceptors (Lipinski definition) is 2. The summed E-state index contributed by atoms with van der Waals surface area (Å²) < 4.78 is 6.20. The van der Waals surface area contributed by atoms with Crippen LogP contribution in [-0.4, -0.2) is 12.9 Å². The molecule has 1 aromatic rings. The Labute approximate surface area is 110 Å². The first-order chi connectivity index (χ1) is 8.20. The lowest BCUT2D eigenvalue weighted by Crippen LogP contribution is -2.07. The molecule has 2 nitrogen and oxygen atoms in total. The first-order valence-electron chi connectivity index (χ1n) is 6.07. The maximum Gasteiger partial charge on any atom is 0.166 e. The van der Waals surface area contributed by atoms with E-state index < -0.39 is 0 Å². The Hall–Kier alpha value is -0.830. The number of rotatable bonds is 4. The van der Waals surface area contributed by atoms with E-state index in [-0.39, 0.29) is 5.78 Å². The van der Waals surface area contributed by atoms with Gasteiger partial charge in [-0.3, -0.25) is 4.79 Å². The van der Waals surface area contributed by atoms with Gasteiger partial charge in [-0.1, -0.05) is 41.6 Å². The minimum Gasteiger partial charge on any atom is -0.496 e. The predicted molar refractivity (Wildman–Crippen MR) is 71.6 cm³/mol. The molecular formula is C14H17BrO2. The van der Waals surface area contributed by atoms with Gasteiger partial charge in [0.05, 0.1) is 12.7 Å². The van der Waals surface area contributed by atoms with Crippen LogP contribution >= 0.6 is 15.9 Å². The van der Waals surface area contributed by atoms with Crippen LogP contribution in [0.4, 0.5) is 0 Å². The number of halogens is 1. The molecular weight excluding hydrogens is 280 g/mol. The first kappa shape index (κ1) is 12.6. The van der Waals surface area contributed by atoms with Gasteiger partial charge >= 0.3 is 0 Å². The molecule has 17 heavy (non-hydrogen) atoms. The average molecular weight is 297 g/mol. The molecule has 0 aliphatic heterocycles. The Morgan fingerprint density at radius 1 is 1.41 bits per heavy atom. The van der Waals surface area contributed by atoms with E-state index in [1.165, 1.54) is 25.7 Å². The third kappa shape index (κ3) is 3.09. The summed E-state index contributed by atoms with van der Waals surface area (Å²) in [6.45, 7) is 0. The van der Waals surface area contributed by atoms with Crippen LogP contribution in [0.3, 0.4) is 0 Å². The molecule has 1 aromatic carbocycles. The molecule has 0 heterocycles. The van der Waals surface area contributed by atoms with Crippen LogP contribution in [0.2, 0.25) is 0 Å². The summed E-state index contributed by atoms with van der Waals surface area (Å²) in [5.41, 5.74) is 0.711. The quantitative estimate of drug-likeness (QED) is 0.778. The summed E-state index contributed by atoms with van der Waals surface area (Å²) in [5, 5.41) is 0. The highest BCUT2D eigenvalue weighted by Crippen LogP contribution is 2.31. The molecule has 0 amide bonds. The summed E-state index contributed by atoms with van der Waals surface area (Å²) in [5.74, 6) is 1.46. The van der Waals surface area contributed by atoms with Crippen molar-refractivity contribution < 1.29 is 9.53 Å². The minimum absolute atomic E-state index is 0.209. The molecule has 92 valence electrons. The van der Waals surface area contributed by atoms with Crippen molar-refractivity contribution in [3.8, 4) is 5.75 Å². The van der Waals surface area contributed by atoms with Crippen molar-refractivity contribution in [3.63, 3.8) is 0 Å². The van der Waals surface area contributed by atoms with Gasteiger partial charge in [0, 0.05) is 10.9 Å². The first-order valence-corrected chi connectivity index (χ1v) is 6.86. The summed E-state index contributed by atoms with van der Waals surface area (Å²) in [6.07, 6.45) is 5.61. The number of benzene rings is 1. The second kappa shape index (κ2) is 5.67. The largest absolute Gasteiger partial charge is 0.496 e. The molecule has 0 N–H and O–H groups in total. The van der Waals surface area contributed by atoms with Gasteiger partial charge in [0.25, 0.3) is 0 Å². The van der Waals surface area contributed by atoms with Gasteiger partial charge in [0.15, 0.2) is 5.78 Å². The summed E-state index contributed by atoms with van der Waals surface area (Å²) in [7, 11) is 1.61. The van der Waals surface area contributed by atoms with Crippen molar-refractivity contribution in [1.82, 2.24) is 0 Å². The number of Topliss-reactive ketones (excluding diaryl/α,β-unsaturated/α-hetero) is 1. The molecule has 0 atom stereocenters. The number of methoxy groups -OCH3 is 1. The summed E-state index contributed by atoms with van der Waals surface area (Å²) in [6, 6.07) is 5.59. The fraction of sp³-hybridized carbons (Fsp3) is 0.500. The van der Waals surface area contributed by atoms with Crippen LogP contribution in [0.15, 0.2) is 22.7 Å². The lowest BCUT2D eigenvalue weighted by Gasteiger charge is -2.11. The van der Waals surface area contributed by atoms with Gasteiger partial charge in [-0.15, -0.1) is 0 Å². The minimum atomic E-state index is 0.209. The van der Waals surface area contributed by atoms with E-state index in [1.807, 2.05) is 18.2 Å². The van der Waals surface area contributed by atoms with Gasteiger partial charge in [0.1, 0.15) is 5.75 Å². The Morgan fingerprint density at radius 2 is 2.12 bits per heavy atom. The number of carbonyl (C=O) groups excluding carboxylic acids is 1. The Bertz CT molecular complexity index is 409. The van der Waals surface area contributed by atoms with E-state index in [2.05, 4.69) is 15.9 Å². The normalized spacial score (nSPS) is 16.1. The van der Waals surface area contributed by atoms with Crippen LogP contribution in [-0.2, 0) is 0 Å². The zero-order chi connectivity index (χ0) is 12.3. The molecule has 3 heteroatoms. The van der Waals surface area contributed by atoms with Gasteiger partial charge in [0.2, 0.25) is 0 Å². The zero-order valence-corrected chi connectivity index (χ0v) is 11.6. The molecule has 1 fully saturated rings. The third-order valence-corrected chi connectivity index (χ3v) is 3.91. The van der Waals surface area contributed by atoms with Crippen molar-refractivity contribution in [2.45, 2.75) is 32.1 Å². The second-order valence-corrected chi connectivity index (χ2v) is 5.54. The summed E-state index contributed by atoms with van der Waals surface area (Å²) >= 11 is 3.38. The van der Waals surface area contributed by atoms with Gasteiger partial charge in [-0.25, -0.2) is 0 Å². The molecule has 0 saturated heterocycles. The molecule has 0 aromatic heterocycles. The van der Waals surface area contributed by atoms with E-state index in [0.29, 0.717) is 23.7 Å². The van der Waals surface area contributed by atoms with Crippen LogP contribution in [0, 0.1) is 5.92 Å². The van der Waals surface area contributed by atoms with Crippen molar-refractivity contribution in [3.05, 3.63) is 28.2 Å². The lowest BCUT2D eigenvalue weighted by molar-refractivity contribution is 0.0959. The molecule has 2 rings (SSSR count). The van der Waals surface area contributed by atoms with E-state index in [1.54, 1.807) is 7.11 Å². The van der Waals surface area contributed by atoms with Crippen LogP contribution in [0.5, 0.6) is 5.75 Å². The van der Waals surface area contributed by atoms with Crippen LogP contribution in [0.1, 0.15) is 42.5 Å². The SMILES string of the molecule is COc1cc(Br)ccc1C(=O)CC1CCCC1. The number of ketones is 1. The molecule has 1 saturated carbocycles. The smallest absolute Gasteiger partial charge is 0.166 e. The predicted octanol–water partition coefficient (Wildman–Crippen LogP) is 4.22. The standard InChI is InChI=1S/C14H17BrO2/c1-17-14-9-11(15)6-7-12(14)13(16)8-10-4-2-3-5-10/h6-7,9-10H,2-5,8H2,1H3. The number of hydrogen-bond donors (Lipinski definition) is 0. The summed E-state index contributed by atoms with van der Waals surface area (Å²) in [4.78, 5) is 12.2. The highest BCUT2D eigenvalue weighted by molar-refractivity contribution is 9.10. The topological polar surface area (TPSA) is 26.3 Å². The van der Waals surface area contributed by atoms with Crippen LogP contribution in [0.25, 0.3) is 0 Å². The molecule has 0 radical (unpaired) electrons. The lowest BCUT2D eigenvalue weighted by atomic mass is 9.96. The maximum absolute atomic E-state index is 12.2. The van der Waals surface area contributed by atoms with Crippen LogP contribution < -0.4 is 4.74 Å². The van der Waals surface area contributed by atoms with Crippen molar-refractivity contribution in [2.24, 2.45) is 5.92 Å². The zero-order valence-electron chi connectivity index (χ0n) is 10.0. The average Bonchev–Trinajstić information content (AvgIpc) is 2.81. The van der Waals surface area contributed by atoms with E-state index in [9.17, 15) is 4.79 Å². The van der Waals surface area contributed by atoms with Crippen molar-refractivity contribution >= 4 is 21.7 Å². The van der Waals surface area contributed by atoms with Crippen molar-refractivity contribution in [2.75, 3.05) is 7.11 Å². The molecule has 1 aliphatic carbocycles. The monoisotopic (exact) mass is 296 g/mol. The van der Waals surface area contributed by atoms with Crippen molar-refractivity contribution in [1.29, 1.82) is 0 Å². The van der Waals surface area contributed by atoms with Gasteiger partial charge in [-0.05, 0) is 24.1 Å². The van der Waals surface area contributed by atoms with E-state index in [4.69, 9.17) is 4.74 Å². The number of ether oxygens (including phenoxy) is 1. The highest BCUT2D eigenvalue weighted by Gasteiger charge is 2.21. The Balaban J connectivity index is 2.12. The third-order valence-electron chi connectivity index (χ3n) is 3.41. The van der Waals surface area contributed by atoms with Gasteiger partial charge < -0.3 is 4.74 Å². The van der Waals surface area contributed by atoms with Gasteiger partial charge in [-0.2, -0.15) is 0 Å². The molecule has 0 bridgehead atoms. The fourth-order valence-electron chi connectivity index (χ4n) is 2.48. The van der Waals surface area contributed by atoms with E-state index >= 15 is 0 Å². The molecule has 0 unspecified atom stereocenters. The molecule has 1 aliphatic rings. The maximum atomic E-state index is 12.2.